The zero-order valence-corrected chi connectivity index (χ0v) is 19.7. The van der Waals surface area contributed by atoms with E-state index in [9.17, 15) is 23.2 Å². The molecule has 8 nitrogen and oxygen atoms in total. The van der Waals surface area contributed by atoms with E-state index in [2.05, 4.69) is 16.5 Å². The Bertz CT molecular complexity index is 1020. The van der Waals surface area contributed by atoms with Gasteiger partial charge in [0.05, 0.1) is 23.7 Å². The average Bonchev–Trinajstić information content (AvgIpc) is 3.37. The fourth-order valence-corrected chi connectivity index (χ4v) is 6.41. The summed E-state index contributed by atoms with van der Waals surface area (Å²) >= 11 is 0. The molecule has 190 valence electrons. The number of carbonyl (C=O) groups is 1. The second kappa shape index (κ2) is 9.22. The zero-order chi connectivity index (χ0) is 24.8. The van der Waals surface area contributed by atoms with Gasteiger partial charge in [0.25, 0.3) is 0 Å². The van der Waals surface area contributed by atoms with E-state index in [0.717, 1.165) is 25.1 Å². The van der Waals surface area contributed by atoms with Crippen molar-refractivity contribution < 1.29 is 27.4 Å². The number of aromatic nitrogens is 1. The maximum absolute atomic E-state index is 14.0. The number of alkyl halides is 3. The van der Waals surface area contributed by atoms with E-state index in [1.807, 2.05) is 0 Å². The van der Waals surface area contributed by atoms with E-state index in [0.29, 0.717) is 56.9 Å². The maximum Gasteiger partial charge on any atom is 0.417 e. The van der Waals surface area contributed by atoms with Crippen molar-refractivity contribution in [2.24, 2.45) is 11.3 Å². The largest absolute Gasteiger partial charge is 0.417 e. The summed E-state index contributed by atoms with van der Waals surface area (Å²) in [5, 5.41) is 13.2. The van der Waals surface area contributed by atoms with Gasteiger partial charge >= 0.3 is 6.18 Å². The number of nitriles is 1. The number of pyridine rings is 1. The number of likely N-dealkylation sites (tertiary alicyclic amines) is 1. The van der Waals surface area contributed by atoms with Crippen LogP contribution in [0.4, 0.5) is 13.2 Å². The molecule has 5 rings (SSSR count). The second-order valence-electron chi connectivity index (χ2n) is 10.2. The van der Waals surface area contributed by atoms with Crippen LogP contribution in [0, 0.1) is 22.8 Å². The molecule has 4 heterocycles. The average molecular weight is 494 g/mol. The van der Waals surface area contributed by atoms with E-state index in [-0.39, 0.29) is 36.6 Å². The fraction of sp³-hybridized carbons (Fsp3) is 0.708. The second-order valence-corrected chi connectivity index (χ2v) is 10.2. The van der Waals surface area contributed by atoms with Gasteiger partial charge in [0, 0.05) is 70.3 Å². The Hall–Kier alpha value is -2.42. The predicted molar refractivity (Wildman–Crippen MR) is 118 cm³/mol. The number of nitrogens with zero attached hydrogens (tertiary/aromatic N) is 4. The minimum absolute atomic E-state index is 0.00835. The summed E-state index contributed by atoms with van der Waals surface area (Å²) in [6.07, 6.45) is 1.12. The molecule has 0 aromatic carbocycles. The Morgan fingerprint density at radius 2 is 2.26 bits per heavy atom. The number of hydrogen-bond acceptors (Lipinski definition) is 7. The third-order valence-electron chi connectivity index (χ3n) is 8.15. The van der Waals surface area contributed by atoms with Crippen molar-refractivity contribution in [2.75, 3.05) is 40.0 Å². The Morgan fingerprint density at radius 1 is 1.43 bits per heavy atom. The van der Waals surface area contributed by atoms with E-state index >= 15 is 0 Å². The molecule has 35 heavy (non-hydrogen) atoms. The first-order chi connectivity index (χ1) is 16.7. The Labute approximate surface area is 202 Å². The molecular weight excluding hydrogens is 463 g/mol. The lowest BCUT2D eigenvalue weighted by Gasteiger charge is -2.37. The van der Waals surface area contributed by atoms with Crippen molar-refractivity contribution >= 4 is 5.91 Å². The predicted octanol–water partition coefficient (Wildman–Crippen LogP) is 1.94. The van der Waals surface area contributed by atoms with E-state index in [4.69, 9.17) is 9.47 Å². The quantitative estimate of drug-likeness (QED) is 0.641. The summed E-state index contributed by atoms with van der Waals surface area (Å²) in [5.74, 6) is -0.0584. The Morgan fingerprint density at radius 3 is 3.00 bits per heavy atom. The number of hydrogen-bond donors (Lipinski definition) is 1. The van der Waals surface area contributed by atoms with Crippen molar-refractivity contribution in [3.05, 3.63) is 29.1 Å². The van der Waals surface area contributed by atoms with Crippen LogP contribution in [0.1, 0.15) is 36.1 Å². The molecule has 1 aromatic heterocycles. The highest BCUT2D eigenvalue weighted by molar-refractivity contribution is 5.84. The van der Waals surface area contributed by atoms with Crippen LogP contribution in [-0.2, 0) is 33.4 Å². The molecule has 2 saturated heterocycles. The number of rotatable bonds is 4. The van der Waals surface area contributed by atoms with Crippen LogP contribution in [0.25, 0.3) is 0 Å². The molecule has 1 saturated carbocycles. The number of methoxy groups -OCH3 is 1. The topological polar surface area (TPSA) is 90.7 Å². The summed E-state index contributed by atoms with van der Waals surface area (Å²) in [6.45, 7) is 2.56. The first-order valence-electron chi connectivity index (χ1n) is 12.1. The van der Waals surface area contributed by atoms with Crippen LogP contribution >= 0.6 is 0 Å². The third-order valence-corrected chi connectivity index (χ3v) is 8.15. The number of fused-ring (bicyclic) bond motifs is 2. The van der Waals surface area contributed by atoms with Gasteiger partial charge in [-0.25, -0.2) is 0 Å². The summed E-state index contributed by atoms with van der Waals surface area (Å²) < 4.78 is 50.8. The molecule has 0 bridgehead atoms. The molecule has 5 atom stereocenters. The summed E-state index contributed by atoms with van der Waals surface area (Å²) in [4.78, 5) is 21.3. The van der Waals surface area contributed by atoms with Gasteiger partial charge in [0.1, 0.15) is 0 Å². The normalized spacial score (nSPS) is 32.8. The van der Waals surface area contributed by atoms with Gasteiger partial charge in [-0.05, 0) is 36.8 Å². The minimum Gasteiger partial charge on any atom is -0.379 e. The number of nitrogens with one attached hydrogen (secondary N) is 1. The van der Waals surface area contributed by atoms with Crippen LogP contribution in [-0.4, -0.2) is 78.8 Å². The summed E-state index contributed by atoms with van der Waals surface area (Å²) in [7, 11) is 1.67. The standard InChI is InChI=1S/C24H30F3N5O3/c1-34-21-12-35-5-3-20(21)30-18-7-17-11-31(14-28)13-23(17,8-18)22(33)32-4-2-19-15(10-32)6-16(9-29-19)24(25,26)27/h6,9,17-18,20-21,30H,2-5,7-8,10-13H2,1H3/t17-,18+,20?,21?,23-/m0/s1. The maximum atomic E-state index is 14.0. The zero-order valence-electron chi connectivity index (χ0n) is 19.7. The molecule has 1 aliphatic carbocycles. The highest BCUT2D eigenvalue weighted by Crippen LogP contribution is 2.50. The lowest BCUT2D eigenvalue weighted by Crippen LogP contribution is -2.52. The molecule has 1 aromatic rings. The monoisotopic (exact) mass is 493 g/mol. The van der Waals surface area contributed by atoms with Crippen LogP contribution in [0.3, 0.4) is 0 Å². The van der Waals surface area contributed by atoms with Crippen molar-refractivity contribution in [3.8, 4) is 6.19 Å². The molecule has 1 amide bonds. The molecule has 11 heteroatoms. The molecule has 0 radical (unpaired) electrons. The van der Waals surface area contributed by atoms with Crippen LogP contribution in [0.15, 0.2) is 12.3 Å². The van der Waals surface area contributed by atoms with Crippen molar-refractivity contribution in [1.82, 2.24) is 20.1 Å². The van der Waals surface area contributed by atoms with Crippen molar-refractivity contribution in [1.29, 1.82) is 5.26 Å². The highest BCUT2D eigenvalue weighted by atomic mass is 19.4. The van der Waals surface area contributed by atoms with E-state index < -0.39 is 17.2 Å². The lowest BCUT2D eigenvalue weighted by molar-refractivity contribution is -0.143. The molecule has 3 fully saturated rings. The number of carbonyl (C=O) groups excluding carboxylic acids is 1. The smallest absolute Gasteiger partial charge is 0.379 e. The molecule has 1 N–H and O–H groups in total. The van der Waals surface area contributed by atoms with E-state index in [1.165, 1.54) is 0 Å². The number of halogens is 3. The van der Waals surface area contributed by atoms with Crippen LogP contribution in [0.2, 0.25) is 0 Å². The number of amides is 1. The molecule has 3 aliphatic heterocycles. The highest BCUT2D eigenvalue weighted by Gasteiger charge is 2.59. The van der Waals surface area contributed by atoms with Crippen molar-refractivity contribution in [2.45, 2.75) is 56.6 Å². The molecule has 0 spiro atoms. The van der Waals surface area contributed by atoms with Gasteiger partial charge < -0.3 is 24.6 Å². The SMILES string of the molecule is COC1COCCC1N[C@@H]1C[C@H]2CN(C#N)C[C@@]2(C(=O)N2CCc3ncc(C(F)(F)F)cc3C2)C1. The van der Waals surface area contributed by atoms with Gasteiger partial charge in [-0.2, -0.15) is 18.4 Å². The molecule has 4 aliphatic rings. The van der Waals surface area contributed by atoms with Gasteiger partial charge in [-0.1, -0.05) is 0 Å². The van der Waals surface area contributed by atoms with Crippen molar-refractivity contribution in [3.63, 3.8) is 0 Å². The minimum atomic E-state index is -4.48. The van der Waals surface area contributed by atoms with Gasteiger partial charge in [0.2, 0.25) is 5.91 Å². The Balaban J connectivity index is 1.35. The summed E-state index contributed by atoms with van der Waals surface area (Å²) in [5.41, 5.74) is -0.474. The van der Waals surface area contributed by atoms with Gasteiger partial charge in [-0.15, -0.1) is 0 Å². The summed E-state index contributed by atoms with van der Waals surface area (Å²) in [6, 6.07) is 1.34. The first kappa shape index (κ1) is 24.3. The Kier molecular flexibility index (Phi) is 6.40. The molecule has 2 unspecified atom stereocenters. The fourth-order valence-electron chi connectivity index (χ4n) is 6.41. The van der Waals surface area contributed by atoms with Crippen LogP contribution < -0.4 is 5.32 Å². The number of ether oxygens (including phenoxy) is 2. The first-order valence-corrected chi connectivity index (χ1v) is 12.1. The lowest BCUT2D eigenvalue weighted by atomic mass is 9.78. The van der Waals surface area contributed by atoms with Gasteiger partial charge in [0.15, 0.2) is 6.19 Å². The van der Waals surface area contributed by atoms with Crippen LogP contribution in [0.5, 0.6) is 0 Å². The third kappa shape index (κ3) is 4.47. The van der Waals surface area contributed by atoms with E-state index in [1.54, 1.807) is 16.9 Å². The van der Waals surface area contributed by atoms with Gasteiger partial charge in [-0.3, -0.25) is 9.78 Å². The molecular formula is C24H30F3N5O3.